The van der Waals surface area contributed by atoms with Crippen molar-refractivity contribution in [2.24, 2.45) is 4.99 Å². The van der Waals surface area contributed by atoms with Crippen LogP contribution >= 0.6 is 24.0 Å². The van der Waals surface area contributed by atoms with Gasteiger partial charge in [0.2, 0.25) is 0 Å². The molecule has 1 aromatic heterocycles. The Bertz CT molecular complexity index is 477. The topological polar surface area (TPSA) is 76.4 Å². The van der Waals surface area contributed by atoms with Crippen molar-refractivity contribution >= 4 is 29.9 Å². The Morgan fingerprint density at radius 3 is 2.84 bits per heavy atom. The number of hydrogen-bond donors (Lipinski definition) is 2. The minimum atomic E-state index is 0. The summed E-state index contributed by atoms with van der Waals surface area (Å²) in [4.78, 5) is 4.57. The van der Waals surface area contributed by atoms with E-state index >= 15 is 0 Å². The molecular formula is C17H33IN6O. The SMILES string of the molecule is C=CCNC(=NCCCOCCCC)NCCn1cnnc1CC.I. The second kappa shape index (κ2) is 16.3. The average Bonchev–Trinajstić information content (AvgIpc) is 3.05. The summed E-state index contributed by atoms with van der Waals surface area (Å²) in [5.41, 5.74) is 0. The van der Waals surface area contributed by atoms with Gasteiger partial charge in [-0.2, -0.15) is 0 Å². The van der Waals surface area contributed by atoms with Gasteiger partial charge in [-0.15, -0.1) is 40.8 Å². The summed E-state index contributed by atoms with van der Waals surface area (Å²) in [6.07, 6.45) is 7.69. The second-order valence-electron chi connectivity index (χ2n) is 5.44. The molecule has 0 aliphatic carbocycles. The number of aliphatic imine (C=N–C) groups is 1. The Morgan fingerprint density at radius 2 is 2.12 bits per heavy atom. The van der Waals surface area contributed by atoms with E-state index in [9.17, 15) is 0 Å². The molecule has 0 atom stereocenters. The molecule has 0 saturated carbocycles. The van der Waals surface area contributed by atoms with Crippen LogP contribution in [-0.2, 0) is 17.7 Å². The molecule has 0 aliphatic rings. The van der Waals surface area contributed by atoms with Crippen molar-refractivity contribution in [1.29, 1.82) is 0 Å². The number of aryl methyl sites for hydroxylation is 1. The lowest BCUT2D eigenvalue weighted by Crippen LogP contribution is -2.39. The summed E-state index contributed by atoms with van der Waals surface area (Å²) < 4.78 is 7.60. The van der Waals surface area contributed by atoms with Crippen LogP contribution in [0, 0.1) is 0 Å². The third-order valence-corrected chi connectivity index (χ3v) is 3.43. The van der Waals surface area contributed by atoms with Crippen molar-refractivity contribution in [3.8, 4) is 0 Å². The number of nitrogens with one attached hydrogen (secondary N) is 2. The second-order valence-corrected chi connectivity index (χ2v) is 5.44. The van der Waals surface area contributed by atoms with Gasteiger partial charge in [-0.3, -0.25) is 4.99 Å². The van der Waals surface area contributed by atoms with Crippen molar-refractivity contribution in [2.75, 3.05) is 32.8 Å². The van der Waals surface area contributed by atoms with Crippen molar-refractivity contribution in [3.63, 3.8) is 0 Å². The van der Waals surface area contributed by atoms with Gasteiger partial charge < -0.3 is 19.9 Å². The predicted octanol–water partition coefficient (Wildman–Crippen LogP) is 2.39. The van der Waals surface area contributed by atoms with Gasteiger partial charge in [-0.1, -0.05) is 26.3 Å². The zero-order valence-electron chi connectivity index (χ0n) is 15.5. The Balaban J connectivity index is 0.00000576. The van der Waals surface area contributed by atoms with Crippen LogP contribution < -0.4 is 10.6 Å². The number of guanidine groups is 1. The molecule has 0 radical (unpaired) electrons. The van der Waals surface area contributed by atoms with Gasteiger partial charge in [0.25, 0.3) is 0 Å². The molecule has 0 aromatic carbocycles. The highest BCUT2D eigenvalue weighted by atomic mass is 127. The molecule has 0 spiro atoms. The van der Waals surface area contributed by atoms with E-state index in [1.54, 1.807) is 6.33 Å². The number of rotatable bonds is 13. The van der Waals surface area contributed by atoms with E-state index < -0.39 is 0 Å². The average molecular weight is 464 g/mol. The number of halogens is 1. The number of hydrogen-bond acceptors (Lipinski definition) is 4. The van der Waals surface area contributed by atoms with Crippen molar-refractivity contribution in [3.05, 3.63) is 24.8 Å². The molecule has 0 aliphatic heterocycles. The molecule has 7 nitrogen and oxygen atoms in total. The summed E-state index contributed by atoms with van der Waals surface area (Å²) >= 11 is 0. The van der Waals surface area contributed by atoms with E-state index in [1.807, 2.05) is 6.08 Å². The largest absolute Gasteiger partial charge is 0.381 e. The fraction of sp³-hybridized carbons (Fsp3) is 0.706. The first-order valence-electron chi connectivity index (χ1n) is 8.89. The molecule has 8 heteroatoms. The van der Waals surface area contributed by atoms with Crippen LogP contribution in [0.15, 0.2) is 24.0 Å². The van der Waals surface area contributed by atoms with Gasteiger partial charge in [-0.25, -0.2) is 0 Å². The van der Waals surface area contributed by atoms with Crippen molar-refractivity contribution in [1.82, 2.24) is 25.4 Å². The number of nitrogens with zero attached hydrogens (tertiary/aromatic N) is 4. The van der Waals surface area contributed by atoms with Crippen LogP contribution in [0.5, 0.6) is 0 Å². The summed E-state index contributed by atoms with van der Waals surface area (Å²) in [5.74, 6) is 1.80. The van der Waals surface area contributed by atoms with E-state index in [0.717, 1.165) is 63.9 Å². The molecule has 144 valence electrons. The smallest absolute Gasteiger partial charge is 0.191 e. The molecule has 1 heterocycles. The highest BCUT2D eigenvalue weighted by molar-refractivity contribution is 14.0. The highest BCUT2D eigenvalue weighted by Crippen LogP contribution is 1.95. The molecule has 1 aromatic rings. The number of unbranched alkanes of at least 4 members (excludes halogenated alkanes) is 1. The molecule has 0 bridgehead atoms. The zero-order chi connectivity index (χ0) is 17.5. The maximum absolute atomic E-state index is 5.55. The van der Waals surface area contributed by atoms with Crippen LogP contribution in [-0.4, -0.2) is 53.6 Å². The normalized spacial score (nSPS) is 11.0. The van der Waals surface area contributed by atoms with E-state index in [0.29, 0.717) is 6.54 Å². The van der Waals surface area contributed by atoms with Crippen LogP contribution in [0.4, 0.5) is 0 Å². The fourth-order valence-electron chi connectivity index (χ4n) is 2.08. The van der Waals surface area contributed by atoms with E-state index in [-0.39, 0.29) is 24.0 Å². The lowest BCUT2D eigenvalue weighted by atomic mass is 10.4. The molecule has 0 unspecified atom stereocenters. The molecule has 0 fully saturated rings. The minimum Gasteiger partial charge on any atom is -0.381 e. The van der Waals surface area contributed by atoms with Gasteiger partial charge in [0.05, 0.1) is 0 Å². The molecule has 0 saturated heterocycles. The monoisotopic (exact) mass is 464 g/mol. The summed E-state index contributed by atoms with van der Waals surface area (Å²) in [6.45, 7) is 12.6. The number of aromatic nitrogens is 3. The van der Waals surface area contributed by atoms with Crippen LogP contribution in [0.25, 0.3) is 0 Å². The van der Waals surface area contributed by atoms with Crippen LogP contribution in [0.3, 0.4) is 0 Å². The first-order chi connectivity index (χ1) is 11.8. The quantitative estimate of drug-likeness (QED) is 0.154. The molecular weight excluding hydrogens is 431 g/mol. The van der Waals surface area contributed by atoms with Gasteiger partial charge in [0.15, 0.2) is 5.96 Å². The minimum absolute atomic E-state index is 0. The van der Waals surface area contributed by atoms with Crippen LogP contribution in [0.1, 0.15) is 38.9 Å². The van der Waals surface area contributed by atoms with Crippen molar-refractivity contribution < 1.29 is 4.74 Å². The lowest BCUT2D eigenvalue weighted by molar-refractivity contribution is 0.130. The maximum Gasteiger partial charge on any atom is 0.191 e. The van der Waals surface area contributed by atoms with E-state index in [2.05, 4.69) is 50.8 Å². The maximum atomic E-state index is 5.55. The summed E-state index contributed by atoms with van der Waals surface area (Å²) in [6, 6.07) is 0. The Morgan fingerprint density at radius 1 is 1.32 bits per heavy atom. The van der Waals surface area contributed by atoms with Gasteiger partial charge in [-0.05, 0) is 12.8 Å². The number of ether oxygens (including phenoxy) is 1. The Labute approximate surface area is 168 Å². The standard InChI is InChI=1S/C17H32N6O.HI/c1-4-7-13-24-14-8-10-19-17(18-9-5-2)20-11-12-23-15-21-22-16(23)6-3;/h5,15H,2,4,6-14H2,1,3H3,(H2,18,19,20);1H. The first-order valence-corrected chi connectivity index (χ1v) is 8.89. The predicted molar refractivity (Wildman–Crippen MR) is 114 cm³/mol. The summed E-state index contributed by atoms with van der Waals surface area (Å²) in [7, 11) is 0. The van der Waals surface area contributed by atoms with E-state index in [1.165, 1.54) is 6.42 Å². The molecule has 2 N–H and O–H groups in total. The lowest BCUT2D eigenvalue weighted by Gasteiger charge is -2.12. The molecule has 25 heavy (non-hydrogen) atoms. The zero-order valence-corrected chi connectivity index (χ0v) is 17.9. The van der Waals surface area contributed by atoms with Crippen molar-refractivity contribution in [2.45, 2.75) is 46.1 Å². The van der Waals surface area contributed by atoms with Crippen LogP contribution in [0.2, 0.25) is 0 Å². The third-order valence-electron chi connectivity index (χ3n) is 3.43. The van der Waals surface area contributed by atoms with Gasteiger partial charge in [0, 0.05) is 45.8 Å². The van der Waals surface area contributed by atoms with Gasteiger partial charge >= 0.3 is 0 Å². The molecule has 0 amide bonds. The first kappa shape index (κ1) is 23.8. The van der Waals surface area contributed by atoms with E-state index in [4.69, 9.17) is 4.74 Å². The Hall–Kier alpha value is -1.16. The fourth-order valence-corrected chi connectivity index (χ4v) is 2.08. The molecule has 1 rings (SSSR count). The third kappa shape index (κ3) is 11.1. The highest BCUT2D eigenvalue weighted by Gasteiger charge is 2.02. The Kier molecular flexibility index (Phi) is 15.6. The van der Waals surface area contributed by atoms with Gasteiger partial charge in [0.1, 0.15) is 12.2 Å². The summed E-state index contributed by atoms with van der Waals surface area (Å²) in [5, 5.41) is 14.6.